The largest absolute Gasteiger partial charge is 0.390 e. The molecule has 0 bridgehead atoms. The molecule has 1 fully saturated rings. The summed E-state index contributed by atoms with van der Waals surface area (Å²) < 4.78 is 5.36. The molecule has 0 aliphatic carbocycles. The van der Waals surface area contributed by atoms with Crippen LogP contribution >= 0.6 is 0 Å². The molecule has 1 N–H and O–H groups in total. The van der Waals surface area contributed by atoms with Crippen molar-refractivity contribution < 1.29 is 14.7 Å². The molecule has 2 heterocycles. The van der Waals surface area contributed by atoms with Gasteiger partial charge in [0, 0.05) is 45.7 Å². The van der Waals surface area contributed by atoms with Gasteiger partial charge in [-0.1, -0.05) is 41.6 Å². The summed E-state index contributed by atoms with van der Waals surface area (Å²) in [5.41, 5.74) is 2.10. The van der Waals surface area contributed by atoms with Gasteiger partial charge in [-0.15, -0.1) is 6.58 Å². The van der Waals surface area contributed by atoms with Gasteiger partial charge in [0.1, 0.15) is 6.10 Å². The summed E-state index contributed by atoms with van der Waals surface area (Å²) in [5.74, 6) is 0. The van der Waals surface area contributed by atoms with Crippen LogP contribution in [0.2, 0.25) is 0 Å². The van der Waals surface area contributed by atoms with Crippen LogP contribution in [0.1, 0.15) is 12.0 Å². The van der Waals surface area contributed by atoms with Crippen LogP contribution in [-0.2, 0) is 9.57 Å². The van der Waals surface area contributed by atoms with E-state index in [1.807, 2.05) is 24.3 Å². The maximum absolute atomic E-state index is 10.5. The maximum atomic E-state index is 10.5. The molecule has 2 unspecified atom stereocenters. The third-order valence-corrected chi connectivity index (χ3v) is 4.73. The lowest BCUT2D eigenvalue weighted by Crippen LogP contribution is -2.46. The first kappa shape index (κ1) is 19.0. The molecular formula is C20H29N3O3. The summed E-state index contributed by atoms with van der Waals surface area (Å²) in [6.07, 6.45) is 2.27. The molecule has 6 heteroatoms. The molecule has 2 aliphatic heterocycles. The molecule has 0 radical (unpaired) electrons. The van der Waals surface area contributed by atoms with Crippen molar-refractivity contribution in [2.45, 2.75) is 18.6 Å². The smallest absolute Gasteiger partial charge is 0.145 e. The number of aliphatic hydroxyl groups is 1. The Kier molecular flexibility index (Phi) is 7.20. The Labute approximate surface area is 155 Å². The second-order valence-corrected chi connectivity index (χ2v) is 6.91. The normalized spacial score (nSPS) is 22.1. The highest BCUT2D eigenvalue weighted by Gasteiger charge is 2.25. The van der Waals surface area contributed by atoms with Crippen LogP contribution in [0.5, 0.6) is 0 Å². The van der Waals surface area contributed by atoms with Crippen molar-refractivity contribution in [1.29, 1.82) is 0 Å². The number of aliphatic hydroxyl groups excluding tert-OH is 1. The van der Waals surface area contributed by atoms with Gasteiger partial charge in [0.2, 0.25) is 0 Å². The molecule has 0 amide bonds. The molecule has 1 aromatic rings. The summed E-state index contributed by atoms with van der Waals surface area (Å²) in [6, 6.07) is 10.1. The molecule has 142 valence electrons. The lowest BCUT2D eigenvalue weighted by Gasteiger charge is -2.31. The van der Waals surface area contributed by atoms with Gasteiger partial charge in [-0.05, 0) is 5.56 Å². The first-order valence-corrected chi connectivity index (χ1v) is 9.34. The lowest BCUT2D eigenvalue weighted by molar-refractivity contribution is 0.000484. The predicted molar refractivity (Wildman–Crippen MR) is 102 cm³/mol. The van der Waals surface area contributed by atoms with Crippen LogP contribution < -0.4 is 0 Å². The number of hydrogen-bond acceptors (Lipinski definition) is 6. The van der Waals surface area contributed by atoms with Crippen molar-refractivity contribution in [3.63, 3.8) is 0 Å². The molecule has 6 nitrogen and oxygen atoms in total. The average Bonchev–Trinajstić information content (AvgIpc) is 3.12. The number of β-amino-alcohol motifs (C(OH)–C–C–N with tert-alkyl or cyclic N) is 1. The third kappa shape index (κ3) is 5.64. The van der Waals surface area contributed by atoms with E-state index >= 15 is 0 Å². The molecule has 2 atom stereocenters. The Balaban J connectivity index is 1.47. The van der Waals surface area contributed by atoms with E-state index in [-0.39, 0.29) is 6.10 Å². The zero-order chi connectivity index (χ0) is 18.2. The number of hydrogen-bond donors (Lipinski definition) is 1. The van der Waals surface area contributed by atoms with Crippen LogP contribution in [0.15, 0.2) is 48.1 Å². The number of rotatable bonds is 9. The standard InChI is InChI=1S/C20H29N3O3/c1-2-8-23(15-18(24)14-22-9-11-25-12-10-22)16-19-13-20(21-26-19)17-6-4-3-5-7-17/h2-7,18-19,24H,1,8-16H2. The minimum atomic E-state index is -0.399. The minimum Gasteiger partial charge on any atom is -0.390 e. The Morgan fingerprint density at radius 1 is 1.31 bits per heavy atom. The van der Waals surface area contributed by atoms with Gasteiger partial charge < -0.3 is 14.7 Å². The van der Waals surface area contributed by atoms with Crippen molar-refractivity contribution in [3.8, 4) is 0 Å². The second kappa shape index (κ2) is 9.83. The van der Waals surface area contributed by atoms with Crippen LogP contribution in [-0.4, -0.2) is 85.3 Å². The topological polar surface area (TPSA) is 57.5 Å². The Bertz CT molecular complexity index is 587. The lowest BCUT2D eigenvalue weighted by atomic mass is 10.0. The van der Waals surface area contributed by atoms with E-state index < -0.39 is 6.10 Å². The zero-order valence-corrected chi connectivity index (χ0v) is 15.3. The number of ether oxygens (including phenoxy) is 1. The maximum Gasteiger partial charge on any atom is 0.145 e. The molecular weight excluding hydrogens is 330 g/mol. The summed E-state index contributed by atoms with van der Waals surface area (Å²) >= 11 is 0. The highest BCUT2D eigenvalue weighted by Crippen LogP contribution is 2.17. The van der Waals surface area contributed by atoms with Crippen LogP contribution in [0.25, 0.3) is 0 Å². The summed E-state index contributed by atoms with van der Waals surface area (Å²) in [7, 11) is 0. The fraction of sp³-hybridized carbons (Fsp3) is 0.550. The van der Waals surface area contributed by atoms with E-state index in [9.17, 15) is 5.11 Å². The van der Waals surface area contributed by atoms with Crippen LogP contribution in [0.4, 0.5) is 0 Å². The van der Waals surface area contributed by atoms with Gasteiger partial charge >= 0.3 is 0 Å². The molecule has 0 spiro atoms. The van der Waals surface area contributed by atoms with Gasteiger partial charge in [0.05, 0.1) is 25.0 Å². The average molecular weight is 359 g/mol. The van der Waals surface area contributed by atoms with Crippen molar-refractivity contribution in [1.82, 2.24) is 9.80 Å². The van der Waals surface area contributed by atoms with Gasteiger partial charge in [-0.25, -0.2) is 0 Å². The summed E-state index contributed by atoms with van der Waals surface area (Å²) in [5, 5.41) is 14.7. The Hall–Kier alpha value is -1.73. The highest BCUT2D eigenvalue weighted by atomic mass is 16.6. The van der Waals surface area contributed by atoms with Gasteiger partial charge in [0.25, 0.3) is 0 Å². The van der Waals surface area contributed by atoms with Crippen LogP contribution in [0, 0.1) is 0 Å². The quantitative estimate of drug-likeness (QED) is 0.675. The van der Waals surface area contributed by atoms with E-state index in [1.54, 1.807) is 0 Å². The minimum absolute atomic E-state index is 0.0146. The third-order valence-electron chi connectivity index (χ3n) is 4.73. The molecule has 26 heavy (non-hydrogen) atoms. The van der Waals surface area contributed by atoms with E-state index in [0.717, 1.165) is 57.1 Å². The summed E-state index contributed by atoms with van der Waals surface area (Å²) in [6.45, 7) is 9.84. The first-order chi connectivity index (χ1) is 12.7. The van der Waals surface area contributed by atoms with E-state index in [1.165, 1.54) is 0 Å². The van der Waals surface area contributed by atoms with Crippen molar-refractivity contribution >= 4 is 5.71 Å². The SMILES string of the molecule is C=CCN(CC(O)CN1CCOCC1)CC1CC(c2ccccc2)=NO1. The number of nitrogens with zero attached hydrogens (tertiary/aromatic N) is 3. The van der Waals surface area contributed by atoms with E-state index in [0.29, 0.717) is 13.1 Å². The van der Waals surface area contributed by atoms with E-state index in [4.69, 9.17) is 9.57 Å². The molecule has 0 aromatic heterocycles. The fourth-order valence-electron chi connectivity index (χ4n) is 3.46. The molecule has 1 saturated heterocycles. The number of oxime groups is 1. The predicted octanol–water partition coefficient (Wildman–Crippen LogP) is 1.36. The molecule has 1 aromatic carbocycles. The number of benzene rings is 1. The zero-order valence-electron chi connectivity index (χ0n) is 15.3. The highest BCUT2D eigenvalue weighted by molar-refractivity contribution is 6.01. The second-order valence-electron chi connectivity index (χ2n) is 6.91. The molecule has 2 aliphatic rings. The van der Waals surface area contributed by atoms with E-state index in [2.05, 4.69) is 33.7 Å². The summed E-state index contributed by atoms with van der Waals surface area (Å²) in [4.78, 5) is 10.1. The molecule has 3 rings (SSSR count). The number of morpholine rings is 1. The first-order valence-electron chi connectivity index (χ1n) is 9.34. The van der Waals surface area contributed by atoms with Crippen molar-refractivity contribution in [3.05, 3.63) is 48.6 Å². The fourth-order valence-corrected chi connectivity index (χ4v) is 3.46. The van der Waals surface area contributed by atoms with Crippen molar-refractivity contribution in [2.24, 2.45) is 5.16 Å². The Morgan fingerprint density at radius 3 is 2.81 bits per heavy atom. The Morgan fingerprint density at radius 2 is 2.08 bits per heavy atom. The molecule has 0 saturated carbocycles. The monoisotopic (exact) mass is 359 g/mol. The van der Waals surface area contributed by atoms with Gasteiger partial charge in [0.15, 0.2) is 0 Å². The van der Waals surface area contributed by atoms with Crippen molar-refractivity contribution in [2.75, 3.05) is 52.5 Å². The van der Waals surface area contributed by atoms with Crippen LogP contribution in [0.3, 0.4) is 0 Å². The van der Waals surface area contributed by atoms with Gasteiger partial charge in [-0.3, -0.25) is 9.80 Å². The van der Waals surface area contributed by atoms with Gasteiger partial charge in [-0.2, -0.15) is 0 Å².